The minimum absolute atomic E-state index is 0.504. The Labute approximate surface area is 95.3 Å². The average Bonchev–Trinajstić information content (AvgIpc) is 2.29. The largest absolute Gasteiger partial charge is 0.373 e. The highest BCUT2D eigenvalue weighted by Gasteiger charge is 2.18. The Kier molecular flexibility index (Phi) is 3.41. The van der Waals surface area contributed by atoms with Gasteiger partial charge in [0, 0.05) is 19.0 Å². The molecule has 1 aromatic heterocycles. The van der Waals surface area contributed by atoms with Crippen LogP contribution >= 0.6 is 11.6 Å². The predicted octanol–water partition coefficient (Wildman–Crippen LogP) is 3.22. The van der Waals surface area contributed by atoms with E-state index in [1.165, 1.54) is 32.1 Å². The summed E-state index contributed by atoms with van der Waals surface area (Å²) in [7, 11) is 1.85. The summed E-state index contributed by atoms with van der Waals surface area (Å²) in [5.41, 5.74) is 0. The summed E-state index contributed by atoms with van der Waals surface area (Å²) >= 11 is 5.96. The molecule has 0 spiro atoms. The van der Waals surface area contributed by atoms with Crippen LogP contribution in [0.2, 0.25) is 5.15 Å². The second-order valence-electron chi connectivity index (χ2n) is 4.02. The molecule has 0 aromatic carbocycles. The van der Waals surface area contributed by atoms with E-state index in [2.05, 4.69) is 15.3 Å². The van der Waals surface area contributed by atoms with Crippen LogP contribution in [0.5, 0.6) is 0 Å². The molecule has 0 bridgehead atoms. The summed E-state index contributed by atoms with van der Waals surface area (Å²) in [6.45, 7) is 0. The van der Waals surface area contributed by atoms with E-state index in [0.29, 0.717) is 11.1 Å². The predicted molar refractivity (Wildman–Crippen MR) is 62.4 cm³/mol. The summed E-state index contributed by atoms with van der Waals surface area (Å²) < 4.78 is 0. The van der Waals surface area contributed by atoms with Gasteiger partial charge in [0.25, 0.3) is 0 Å². The van der Waals surface area contributed by atoms with Crippen molar-refractivity contribution in [2.24, 2.45) is 0 Å². The number of nitrogens with one attached hydrogen (secondary N) is 1. The molecule has 1 N–H and O–H groups in total. The minimum Gasteiger partial charge on any atom is -0.373 e. The molecule has 0 amide bonds. The van der Waals surface area contributed by atoms with Crippen LogP contribution in [0.15, 0.2) is 6.07 Å². The highest BCUT2D eigenvalue weighted by molar-refractivity contribution is 6.29. The monoisotopic (exact) mass is 225 g/mol. The molecule has 2 rings (SSSR count). The lowest BCUT2D eigenvalue weighted by atomic mass is 9.89. The van der Waals surface area contributed by atoms with Gasteiger partial charge in [-0.25, -0.2) is 9.97 Å². The maximum Gasteiger partial charge on any atom is 0.135 e. The molecular formula is C11H16ClN3. The molecule has 0 saturated heterocycles. The lowest BCUT2D eigenvalue weighted by Crippen LogP contribution is -2.10. The van der Waals surface area contributed by atoms with Crippen LogP contribution in [0.1, 0.15) is 43.8 Å². The van der Waals surface area contributed by atoms with E-state index in [1.54, 1.807) is 6.07 Å². The van der Waals surface area contributed by atoms with E-state index < -0.39 is 0 Å². The first kappa shape index (κ1) is 10.7. The average molecular weight is 226 g/mol. The normalized spacial score (nSPS) is 17.7. The molecule has 1 heterocycles. The summed E-state index contributed by atoms with van der Waals surface area (Å²) in [5.74, 6) is 2.23. The molecular weight excluding hydrogens is 210 g/mol. The van der Waals surface area contributed by atoms with Crippen LogP contribution in [-0.4, -0.2) is 17.0 Å². The van der Waals surface area contributed by atoms with Crippen LogP contribution < -0.4 is 5.32 Å². The maximum atomic E-state index is 5.96. The quantitative estimate of drug-likeness (QED) is 0.786. The third kappa shape index (κ3) is 2.59. The van der Waals surface area contributed by atoms with Crippen molar-refractivity contribution in [3.8, 4) is 0 Å². The van der Waals surface area contributed by atoms with E-state index in [4.69, 9.17) is 11.6 Å². The fraction of sp³-hybridized carbons (Fsp3) is 0.636. The van der Waals surface area contributed by atoms with E-state index in [-0.39, 0.29) is 0 Å². The number of halogens is 1. The molecule has 0 atom stereocenters. The fourth-order valence-electron chi connectivity index (χ4n) is 2.11. The Balaban J connectivity index is 2.22. The molecule has 0 aliphatic heterocycles. The van der Waals surface area contributed by atoms with Crippen molar-refractivity contribution >= 4 is 17.4 Å². The molecule has 0 radical (unpaired) electrons. The van der Waals surface area contributed by atoms with E-state index >= 15 is 0 Å². The number of hydrogen-bond acceptors (Lipinski definition) is 3. The third-order valence-corrected chi connectivity index (χ3v) is 3.13. The van der Waals surface area contributed by atoms with E-state index in [0.717, 1.165) is 11.6 Å². The Morgan fingerprint density at radius 3 is 2.67 bits per heavy atom. The summed E-state index contributed by atoms with van der Waals surface area (Å²) in [5, 5.41) is 3.55. The fourth-order valence-corrected chi connectivity index (χ4v) is 2.30. The van der Waals surface area contributed by atoms with E-state index in [9.17, 15) is 0 Å². The molecule has 3 nitrogen and oxygen atoms in total. The Bertz CT molecular complexity index is 335. The number of rotatable bonds is 2. The second kappa shape index (κ2) is 4.79. The first-order valence-corrected chi connectivity index (χ1v) is 5.89. The molecule has 1 fully saturated rings. The van der Waals surface area contributed by atoms with Gasteiger partial charge in [-0.1, -0.05) is 30.9 Å². The number of aromatic nitrogens is 2. The van der Waals surface area contributed by atoms with Crippen molar-refractivity contribution in [2.75, 3.05) is 12.4 Å². The van der Waals surface area contributed by atoms with Gasteiger partial charge in [0.1, 0.15) is 16.8 Å². The molecule has 82 valence electrons. The van der Waals surface area contributed by atoms with Crippen LogP contribution in [0.4, 0.5) is 5.82 Å². The standard InChI is InChI=1S/C11H16ClN3/c1-13-10-7-9(12)14-11(15-10)8-5-3-2-4-6-8/h7-8H,2-6H2,1H3,(H,13,14,15). The molecule has 1 aliphatic rings. The molecule has 1 aromatic rings. The summed E-state index contributed by atoms with van der Waals surface area (Å²) in [6, 6.07) is 1.76. The van der Waals surface area contributed by atoms with Gasteiger partial charge < -0.3 is 5.32 Å². The van der Waals surface area contributed by atoms with Crippen LogP contribution in [0.25, 0.3) is 0 Å². The van der Waals surface area contributed by atoms with Gasteiger partial charge in [-0.2, -0.15) is 0 Å². The topological polar surface area (TPSA) is 37.8 Å². The zero-order chi connectivity index (χ0) is 10.7. The highest BCUT2D eigenvalue weighted by Crippen LogP contribution is 2.31. The molecule has 15 heavy (non-hydrogen) atoms. The molecule has 1 aliphatic carbocycles. The zero-order valence-electron chi connectivity index (χ0n) is 8.96. The van der Waals surface area contributed by atoms with Crippen molar-refractivity contribution in [3.63, 3.8) is 0 Å². The van der Waals surface area contributed by atoms with Crippen molar-refractivity contribution in [2.45, 2.75) is 38.0 Å². The van der Waals surface area contributed by atoms with Crippen LogP contribution in [0, 0.1) is 0 Å². The first-order chi connectivity index (χ1) is 7.29. The maximum absolute atomic E-state index is 5.96. The van der Waals surface area contributed by atoms with E-state index in [1.807, 2.05) is 7.05 Å². The Morgan fingerprint density at radius 2 is 2.00 bits per heavy atom. The van der Waals surface area contributed by atoms with Crippen molar-refractivity contribution in [1.29, 1.82) is 0 Å². The second-order valence-corrected chi connectivity index (χ2v) is 4.41. The highest BCUT2D eigenvalue weighted by atomic mass is 35.5. The lowest BCUT2D eigenvalue weighted by molar-refractivity contribution is 0.429. The van der Waals surface area contributed by atoms with Gasteiger partial charge in [-0.05, 0) is 12.8 Å². The zero-order valence-corrected chi connectivity index (χ0v) is 9.72. The molecule has 1 saturated carbocycles. The van der Waals surface area contributed by atoms with Gasteiger partial charge in [0.05, 0.1) is 0 Å². The third-order valence-electron chi connectivity index (χ3n) is 2.94. The number of nitrogens with zero attached hydrogens (tertiary/aromatic N) is 2. The van der Waals surface area contributed by atoms with Gasteiger partial charge in [-0.3, -0.25) is 0 Å². The smallest absolute Gasteiger partial charge is 0.135 e. The van der Waals surface area contributed by atoms with Gasteiger partial charge >= 0.3 is 0 Å². The van der Waals surface area contributed by atoms with Gasteiger partial charge in [-0.15, -0.1) is 0 Å². The summed E-state index contributed by atoms with van der Waals surface area (Å²) in [6.07, 6.45) is 6.31. The molecule has 0 unspecified atom stereocenters. The minimum atomic E-state index is 0.504. The Morgan fingerprint density at radius 1 is 1.27 bits per heavy atom. The number of anilines is 1. The first-order valence-electron chi connectivity index (χ1n) is 5.52. The Hall–Kier alpha value is -0.830. The van der Waals surface area contributed by atoms with Crippen LogP contribution in [-0.2, 0) is 0 Å². The van der Waals surface area contributed by atoms with Crippen molar-refractivity contribution < 1.29 is 0 Å². The van der Waals surface area contributed by atoms with Gasteiger partial charge in [0.15, 0.2) is 0 Å². The SMILES string of the molecule is CNc1cc(Cl)nc(C2CCCCC2)n1. The molecule has 4 heteroatoms. The van der Waals surface area contributed by atoms with Gasteiger partial charge in [0.2, 0.25) is 0 Å². The van der Waals surface area contributed by atoms with Crippen molar-refractivity contribution in [3.05, 3.63) is 17.0 Å². The summed E-state index contributed by atoms with van der Waals surface area (Å²) in [4.78, 5) is 8.79. The lowest BCUT2D eigenvalue weighted by Gasteiger charge is -2.20. The van der Waals surface area contributed by atoms with Crippen LogP contribution in [0.3, 0.4) is 0 Å². The number of hydrogen-bond donors (Lipinski definition) is 1. The van der Waals surface area contributed by atoms with Crippen molar-refractivity contribution in [1.82, 2.24) is 9.97 Å².